The van der Waals surface area contributed by atoms with Gasteiger partial charge in [0.1, 0.15) is 12.2 Å². The van der Waals surface area contributed by atoms with Gasteiger partial charge in [-0.25, -0.2) is 4.98 Å². The van der Waals surface area contributed by atoms with Crippen LogP contribution in [0.1, 0.15) is 42.4 Å². The standard InChI is InChI=1S/C17H20N2O2/c1-17(2,3)14-10-9-13(15(18)20)16(19-14)21-11-12-7-5-4-6-8-12/h4-10H,11H2,1-3H3,(H2,18,20). The van der Waals surface area contributed by atoms with Crippen molar-refractivity contribution in [2.75, 3.05) is 0 Å². The number of ether oxygens (including phenoxy) is 1. The number of nitrogens with two attached hydrogens (primary N) is 1. The van der Waals surface area contributed by atoms with Crippen LogP contribution in [0.4, 0.5) is 0 Å². The van der Waals surface area contributed by atoms with Crippen LogP contribution in [-0.4, -0.2) is 10.9 Å². The minimum atomic E-state index is -0.536. The monoisotopic (exact) mass is 284 g/mol. The molecule has 1 aromatic heterocycles. The third-order valence-electron chi connectivity index (χ3n) is 3.11. The molecule has 1 heterocycles. The van der Waals surface area contributed by atoms with Crippen molar-refractivity contribution in [2.24, 2.45) is 5.73 Å². The van der Waals surface area contributed by atoms with Crippen molar-refractivity contribution in [1.82, 2.24) is 4.98 Å². The fourth-order valence-electron chi connectivity index (χ4n) is 1.88. The van der Waals surface area contributed by atoms with Gasteiger partial charge in [-0.2, -0.15) is 0 Å². The minimum Gasteiger partial charge on any atom is -0.472 e. The first-order chi connectivity index (χ1) is 9.88. The molecule has 0 aliphatic rings. The van der Waals surface area contributed by atoms with Crippen molar-refractivity contribution in [3.63, 3.8) is 0 Å². The van der Waals surface area contributed by atoms with Crippen molar-refractivity contribution >= 4 is 5.91 Å². The molecule has 0 fully saturated rings. The molecule has 2 aromatic rings. The van der Waals surface area contributed by atoms with Crippen molar-refractivity contribution in [1.29, 1.82) is 0 Å². The Labute approximate surface area is 125 Å². The number of aromatic nitrogens is 1. The molecular weight excluding hydrogens is 264 g/mol. The average molecular weight is 284 g/mol. The van der Waals surface area contributed by atoms with Gasteiger partial charge in [0.25, 0.3) is 5.91 Å². The van der Waals surface area contributed by atoms with Gasteiger partial charge in [-0.3, -0.25) is 4.79 Å². The molecule has 1 amide bonds. The Hall–Kier alpha value is -2.36. The van der Waals surface area contributed by atoms with Crippen molar-refractivity contribution < 1.29 is 9.53 Å². The predicted octanol–water partition coefficient (Wildman–Crippen LogP) is 3.06. The number of carbonyl (C=O) groups is 1. The summed E-state index contributed by atoms with van der Waals surface area (Å²) in [6, 6.07) is 13.2. The molecule has 2 N–H and O–H groups in total. The lowest BCUT2D eigenvalue weighted by atomic mass is 9.91. The highest BCUT2D eigenvalue weighted by Crippen LogP contribution is 2.25. The summed E-state index contributed by atoms with van der Waals surface area (Å²) >= 11 is 0. The maximum atomic E-state index is 11.5. The zero-order valence-electron chi connectivity index (χ0n) is 12.6. The van der Waals surface area contributed by atoms with Crippen molar-refractivity contribution in [3.05, 3.63) is 59.3 Å². The van der Waals surface area contributed by atoms with Gasteiger partial charge in [-0.15, -0.1) is 0 Å². The molecule has 0 bridgehead atoms. The summed E-state index contributed by atoms with van der Waals surface area (Å²) in [7, 11) is 0. The predicted molar refractivity (Wildman–Crippen MR) is 82.2 cm³/mol. The second-order valence-corrected chi connectivity index (χ2v) is 5.94. The third-order valence-corrected chi connectivity index (χ3v) is 3.11. The molecule has 0 unspecified atom stereocenters. The molecular formula is C17H20N2O2. The molecule has 2 rings (SSSR count). The first-order valence-corrected chi connectivity index (χ1v) is 6.86. The van der Waals surface area contributed by atoms with Crippen LogP contribution in [0.25, 0.3) is 0 Å². The van der Waals surface area contributed by atoms with Crippen LogP contribution < -0.4 is 10.5 Å². The fraction of sp³-hybridized carbons (Fsp3) is 0.294. The van der Waals surface area contributed by atoms with Gasteiger partial charge in [0, 0.05) is 11.1 Å². The van der Waals surface area contributed by atoms with Crippen LogP contribution in [0.5, 0.6) is 5.88 Å². The Balaban J connectivity index is 2.29. The second-order valence-electron chi connectivity index (χ2n) is 5.94. The summed E-state index contributed by atoms with van der Waals surface area (Å²) in [6.45, 7) is 6.52. The van der Waals surface area contributed by atoms with E-state index in [0.717, 1.165) is 11.3 Å². The Kier molecular flexibility index (Phi) is 4.26. The highest BCUT2D eigenvalue weighted by molar-refractivity contribution is 5.95. The number of nitrogens with zero attached hydrogens (tertiary/aromatic N) is 1. The summed E-state index contributed by atoms with van der Waals surface area (Å²) in [4.78, 5) is 16.0. The largest absolute Gasteiger partial charge is 0.472 e. The van der Waals surface area contributed by atoms with Crippen LogP contribution in [0.3, 0.4) is 0 Å². The lowest BCUT2D eigenvalue weighted by molar-refractivity contribution is 0.0994. The van der Waals surface area contributed by atoms with Gasteiger partial charge in [0.05, 0.1) is 0 Å². The number of pyridine rings is 1. The Morgan fingerprint density at radius 3 is 2.38 bits per heavy atom. The van der Waals surface area contributed by atoms with Crippen LogP contribution >= 0.6 is 0 Å². The maximum absolute atomic E-state index is 11.5. The van der Waals surface area contributed by atoms with E-state index in [9.17, 15) is 4.79 Å². The van der Waals surface area contributed by atoms with E-state index in [1.165, 1.54) is 0 Å². The molecule has 21 heavy (non-hydrogen) atoms. The Bertz CT molecular complexity index is 631. The number of benzene rings is 1. The van der Waals surface area contributed by atoms with E-state index in [2.05, 4.69) is 25.8 Å². The smallest absolute Gasteiger partial charge is 0.254 e. The molecule has 0 saturated heterocycles. The molecule has 0 atom stereocenters. The minimum absolute atomic E-state index is 0.124. The molecule has 0 spiro atoms. The highest BCUT2D eigenvalue weighted by Gasteiger charge is 2.19. The number of hydrogen-bond donors (Lipinski definition) is 1. The number of carbonyl (C=O) groups excluding carboxylic acids is 1. The molecule has 110 valence electrons. The number of amides is 1. The van der Waals surface area contributed by atoms with Crippen LogP contribution in [0, 0.1) is 0 Å². The van der Waals surface area contributed by atoms with E-state index >= 15 is 0 Å². The lowest BCUT2D eigenvalue weighted by Gasteiger charge is -2.19. The number of primary amides is 1. The summed E-state index contributed by atoms with van der Waals surface area (Å²) in [5.74, 6) is -0.246. The molecule has 4 heteroatoms. The zero-order chi connectivity index (χ0) is 15.5. The second kappa shape index (κ2) is 5.95. The molecule has 0 aliphatic heterocycles. The summed E-state index contributed by atoms with van der Waals surface area (Å²) < 4.78 is 5.71. The van der Waals surface area contributed by atoms with Gasteiger partial charge in [-0.05, 0) is 17.7 Å². The van der Waals surface area contributed by atoms with E-state index in [-0.39, 0.29) is 5.41 Å². The zero-order valence-corrected chi connectivity index (χ0v) is 12.6. The maximum Gasteiger partial charge on any atom is 0.254 e. The van der Waals surface area contributed by atoms with E-state index < -0.39 is 5.91 Å². The molecule has 4 nitrogen and oxygen atoms in total. The highest BCUT2D eigenvalue weighted by atomic mass is 16.5. The van der Waals surface area contributed by atoms with Crippen molar-refractivity contribution in [2.45, 2.75) is 32.8 Å². The van der Waals surface area contributed by atoms with Gasteiger partial charge in [0.2, 0.25) is 5.88 Å². The van der Waals surface area contributed by atoms with Crippen LogP contribution in [0.2, 0.25) is 0 Å². The van der Waals surface area contributed by atoms with E-state index in [0.29, 0.717) is 18.1 Å². The Morgan fingerprint density at radius 1 is 1.14 bits per heavy atom. The molecule has 0 radical (unpaired) electrons. The quantitative estimate of drug-likeness (QED) is 0.938. The normalized spacial score (nSPS) is 11.2. The third kappa shape index (κ3) is 3.81. The van der Waals surface area contributed by atoms with Gasteiger partial charge < -0.3 is 10.5 Å². The van der Waals surface area contributed by atoms with E-state index in [1.807, 2.05) is 36.4 Å². The van der Waals surface area contributed by atoms with Crippen molar-refractivity contribution in [3.8, 4) is 5.88 Å². The van der Waals surface area contributed by atoms with E-state index in [1.54, 1.807) is 6.07 Å². The topological polar surface area (TPSA) is 65.2 Å². The summed E-state index contributed by atoms with van der Waals surface area (Å²) in [5, 5.41) is 0. The van der Waals surface area contributed by atoms with Gasteiger partial charge >= 0.3 is 0 Å². The van der Waals surface area contributed by atoms with Crippen LogP contribution in [0.15, 0.2) is 42.5 Å². The molecule has 1 aromatic carbocycles. The SMILES string of the molecule is CC(C)(C)c1ccc(C(N)=O)c(OCc2ccccc2)n1. The van der Waals surface area contributed by atoms with E-state index in [4.69, 9.17) is 10.5 Å². The fourth-order valence-corrected chi connectivity index (χ4v) is 1.88. The Morgan fingerprint density at radius 2 is 1.81 bits per heavy atom. The van der Waals surface area contributed by atoms with Crippen LogP contribution in [-0.2, 0) is 12.0 Å². The first kappa shape index (κ1) is 15.0. The lowest BCUT2D eigenvalue weighted by Crippen LogP contribution is -2.18. The average Bonchev–Trinajstić information content (AvgIpc) is 2.45. The number of hydrogen-bond acceptors (Lipinski definition) is 3. The molecule has 0 aliphatic carbocycles. The number of rotatable bonds is 4. The molecule has 0 saturated carbocycles. The van der Waals surface area contributed by atoms with Gasteiger partial charge in [0.15, 0.2) is 0 Å². The summed E-state index contributed by atoms with van der Waals surface area (Å²) in [5.41, 5.74) is 7.43. The first-order valence-electron chi connectivity index (χ1n) is 6.86. The summed E-state index contributed by atoms with van der Waals surface area (Å²) in [6.07, 6.45) is 0. The van der Waals surface area contributed by atoms with Gasteiger partial charge in [-0.1, -0.05) is 51.1 Å².